The minimum atomic E-state index is -2.82. The van der Waals surface area contributed by atoms with Crippen LogP contribution in [0.4, 0.5) is 13.2 Å². The number of carbonyl (C=O) groups excluding carboxylic acids is 1. The molecule has 4 nitrogen and oxygen atoms in total. The van der Waals surface area contributed by atoms with E-state index >= 15 is 0 Å². The fourth-order valence-electron chi connectivity index (χ4n) is 2.60. The Morgan fingerprint density at radius 2 is 1.96 bits per heavy atom. The number of alkyl halides is 2. The minimum Gasteiger partial charge on any atom is -0.334 e. The van der Waals surface area contributed by atoms with Crippen molar-refractivity contribution in [3.05, 3.63) is 64.7 Å². The van der Waals surface area contributed by atoms with Gasteiger partial charge in [-0.25, -0.2) is 9.37 Å². The normalized spacial score (nSPS) is 11.3. The van der Waals surface area contributed by atoms with Crippen molar-refractivity contribution in [3.8, 4) is 0 Å². The van der Waals surface area contributed by atoms with Gasteiger partial charge in [0.15, 0.2) is 0 Å². The van der Waals surface area contributed by atoms with Crippen LogP contribution in [0.2, 0.25) is 5.02 Å². The maximum absolute atomic E-state index is 13.9. The summed E-state index contributed by atoms with van der Waals surface area (Å²) in [5.74, 6) is -1.48. The highest BCUT2D eigenvalue weighted by Crippen LogP contribution is 2.25. The van der Waals surface area contributed by atoms with E-state index in [4.69, 9.17) is 11.6 Å². The first kappa shape index (κ1) is 17.3. The van der Waals surface area contributed by atoms with E-state index in [0.29, 0.717) is 5.52 Å². The lowest BCUT2D eigenvalue weighted by atomic mass is 10.2. The van der Waals surface area contributed by atoms with Gasteiger partial charge in [-0.3, -0.25) is 9.36 Å². The molecule has 1 aromatic heterocycles. The fourth-order valence-corrected chi connectivity index (χ4v) is 2.84. The number of imidazole rings is 1. The van der Waals surface area contributed by atoms with Gasteiger partial charge in [-0.1, -0.05) is 29.8 Å². The average Bonchev–Trinajstić information content (AvgIpc) is 2.92. The number of benzene rings is 2. The Morgan fingerprint density at radius 1 is 1.24 bits per heavy atom. The Labute approximate surface area is 146 Å². The molecule has 0 spiro atoms. The number of nitrogens with zero attached hydrogens (tertiary/aromatic N) is 3. The lowest BCUT2D eigenvalue weighted by molar-refractivity contribution is 0.0644. The molecule has 2 aromatic carbocycles. The van der Waals surface area contributed by atoms with Gasteiger partial charge in [0.1, 0.15) is 11.6 Å². The van der Waals surface area contributed by atoms with Crippen LogP contribution in [0, 0.1) is 5.82 Å². The van der Waals surface area contributed by atoms with Crippen LogP contribution in [0.3, 0.4) is 0 Å². The number of rotatable bonds is 4. The molecule has 1 heterocycles. The van der Waals surface area contributed by atoms with E-state index in [-0.39, 0.29) is 28.5 Å². The van der Waals surface area contributed by atoms with Crippen molar-refractivity contribution in [1.82, 2.24) is 14.5 Å². The minimum absolute atomic E-state index is 0.000452. The molecule has 8 heteroatoms. The van der Waals surface area contributed by atoms with Gasteiger partial charge in [-0.05, 0) is 24.3 Å². The summed E-state index contributed by atoms with van der Waals surface area (Å²) < 4.78 is 41.5. The molecule has 0 aliphatic carbocycles. The lowest BCUT2D eigenvalue weighted by Crippen LogP contribution is -2.29. The number of hydrogen-bond donors (Lipinski definition) is 0. The molecule has 0 bridgehead atoms. The molecule has 25 heavy (non-hydrogen) atoms. The molecule has 0 aliphatic rings. The van der Waals surface area contributed by atoms with Crippen LogP contribution >= 0.6 is 11.6 Å². The van der Waals surface area contributed by atoms with Crippen LogP contribution in [0.25, 0.3) is 11.0 Å². The number of fused-ring (bicyclic) bond motifs is 1. The largest absolute Gasteiger partial charge is 0.334 e. The molecule has 0 unspecified atom stereocenters. The van der Waals surface area contributed by atoms with Crippen molar-refractivity contribution in [1.29, 1.82) is 0 Å². The Kier molecular flexibility index (Phi) is 4.67. The smallest absolute Gasteiger partial charge is 0.320 e. The van der Waals surface area contributed by atoms with Gasteiger partial charge in [0.2, 0.25) is 0 Å². The van der Waals surface area contributed by atoms with Gasteiger partial charge in [0.25, 0.3) is 5.91 Å². The summed E-state index contributed by atoms with van der Waals surface area (Å²) >= 11 is 5.89. The summed E-state index contributed by atoms with van der Waals surface area (Å²) in [6, 6.07) is 10.3. The quantitative estimate of drug-likeness (QED) is 0.681. The summed E-state index contributed by atoms with van der Waals surface area (Å²) in [5, 5.41) is -0.0424. The maximum Gasteiger partial charge on any atom is 0.320 e. The van der Waals surface area contributed by atoms with E-state index in [9.17, 15) is 18.0 Å². The Bertz CT molecular complexity index is 922. The second-order valence-corrected chi connectivity index (χ2v) is 5.83. The summed E-state index contributed by atoms with van der Waals surface area (Å²) in [6.07, 6.45) is 0. The molecule has 3 rings (SSSR count). The first-order valence-electron chi connectivity index (χ1n) is 7.33. The molecular formula is C17H13ClF3N3O. The third-order valence-electron chi connectivity index (χ3n) is 3.77. The second kappa shape index (κ2) is 6.76. The number of hydrogen-bond acceptors (Lipinski definition) is 2. The molecule has 0 fully saturated rings. The van der Waals surface area contributed by atoms with Crippen molar-refractivity contribution in [2.24, 2.45) is 0 Å². The maximum atomic E-state index is 13.9. The lowest BCUT2D eigenvalue weighted by Gasteiger charge is -2.18. The third-order valence-corrected chi connectivity index (χ3v) is 4.08. The Balaban J connectivity index is 1.96. The standard InChI is InChI=1S/C17H13ClF3N3O/c1-23(16(25)15-10(18)5-4-6-11(15)19)9-14-22-12-7-2-3-8-13(12)24(14)17(20)21/h2-8,17H,9H2,1H3. The van der Waals surface area contributed by atoms with Crippen LogP contribution in [0.15, 0.2) is 42.5 Å². The molecule has 0 atom stereocenters. The molecule has 0 radical (unpaired) electrons. The van der Waals surface area contributed by atoms with Gasteiger partial charge < -0.3 is 4.90 Å². The number of amides is 1. The van der Waals surface area contributed by atoms with E-state index in [0.717, 1.165) is 15.5 Å². The Morgan fingerprint density at radius 3 is 2.64 bits per heavy atom. The molecule has 0 N–H and O–H groups in total. The summed E-state index contributed by atoms with van der Waals surface area (Å²) in [6.45, 7) is -3.04. The highest BCUT2D eigenvalue weighted by atomic mass is 35.5. The van der Waals surface area contributed by atoms with E-state index in [2.05, 4.69) is 4.98 Å². The molecule has 0 saturated heterocycles. The van der Waals surface area contributed by atoms with E-state index in [1.165, 1.54) is 25.2 Å². The number of para-hydroxylation sites is 2. The van der Waals surface area contributed by atoms with E-state index in [1.807, 2.05) is 0 Å². The average molecular weight is 368 g/mol. The SMILES string of the molecule is CN(Cc1nc2ccccc2n1C(F)F)C(=O)c1c(F)cccc1Cl. The number of carbonyl (C=O) groups is 1. The second-order valence-electron chi connectivity index (χ2n) is 5.42. The van der Waals surface area contributed by atoms with Crippen LogP contribution < -0.4 is 0 Å². The molecule has 130 valence electrons. The first-order valence-corrected chi connectivity index (χ1v) is 7.71. The molecule has 3 aromatic rings. The van der Waals surface area contributed by atoms with E-state index in [1.54, 1.807) is 18.2 Å². The van der Waals surface area contributed by atoms with Gasteiger partial charge >= 0.3 is 6.55 Å². The van der Waals surface area contributed by atoms with Crippen molar-refractivity contribution in [2.45, 2.75) is 13.1 Å². The van der Waals surface area contributed by atoms with Crippen LogP contribution in [0.1, 0.15) is 22.7 Å². The van der Waals surface area contributed by atoms with Gasteiger partial charge in [-0.15, -0.1) is 0 Å². The van der Waals surface area contributed by atoms with Gasteiger partial charge in [0, 0.05) is 7.05 Å². The van der Waals surface area contributed by atoms with Crippen molar-refractivity contribution < 1.29 is 18.0 Å². The van der Waals surface area contributed by atoms with E-state index < -0.39 is 18.3 Å². The van der Waals surface area contributed by atoms with Crippen LogP contribution in [0.5, 0.6) is 0 Å². The number of aromatic nitrogens is 2. The summed E-state index contributed by atoms with van der Waals surface area (Å²) in [4.78, 5) is 17.7. The van der Waals surface area contributed by atoms with Crippen LogP contribution in [-0.2, 0) is 6.54 Å². The molecule has 1 amide bonds. The van der Waals surface area contributed by atoms with Crippen molar-refractivity contribution in [3.63, 3.8) is 0 Å². The fraction of sp³-hybridized carbons (Fsp3) is 0.176. The van der Waals surface area contributed by atoms with Gasteiger partial charge in [-0.2, -0.15) is 8.78 Å². The summed E-state index contributed by atoms with van der Waals surface area (Å²) in [7, 11) is 1.38. The van der Waals surface area contributed by atoms with Gasteiger partial charge in [0.05, 0.1) is 28.2 Å². The van der Waals surface area contributed by atoms with Crippen LogP contribution in [-0.4, -0.2) is 27.4 Å². The zero-order valence-electron chi connectivity index (χ0n) is 13.1. The first-order chi connectivity index (χ1) is 11.9. The highest BCUT2D eigenvalue weighted by molar-refractivity contribution is 6.33. The summed E-state index contributed by atoms with van der Waals surface area (Å²) in [5.41, 5.74) is 0.353. The number of halogens is 4. The predicted molar refractivity (Wildman–Crippen MR) is 88.2 cm³/mol. The van der Waals surface area contributed by atoms with Crippen molar-refractivity contribution in [2.75, 3.05) is 7.05 Å². The zero-order chi connectivity index (χ0) is 18.1. The zero-order valence-corrected chi connectivity index (χ0v) is 13.8. The highest BCUT2D eigenvalue weighted by Gasteiger charge is 2.23. The monoisotopic (exact) mass is 367 g/mol. The molecular weight excluding hydrogens is 355 g/mol. The predicted octanol–water partition coefficient (Wildman–Crippen LogP) is 4.50. The Hall–Kier alpha value is -2.54. The topological polar surface area (TPSA) is 38.1 Å². The third kappa shape index (κ3) is 3.19. The van der Waals surface area contributed by atoms with Crippen molar-refractivity contribution >= 4 is 28.5 Å². The molecule has 0 aliphatic heterocycles. The molecule has 0 saturated carbocycles.